The lowest BCUT2D eigenvalue weighted by atomic mass is 10.1. The highest BCUT2D eigenvalue weighted by Crippen LogP contribution is 2.37. The Hall–Kier alpha value is -4.03. The van der Waals surface area contributed by atoms with Gasteiger partial charge in [-0.25, -0.2) is 0 Å². The molecule has 0 radical (unpaired) electrons. The summed E-state index contributed by atoms with van der Waals surface area (Å²) in [4.78, 5) is 25.5. The maximum absolute atomic E-state index is 12.9. The minimum Gasteiger partial charge on any atom is -0.454 e. The van der Waals surface area contributed by atoms with Gasteiger partial charge in [0.15, 0.2) is 11.5 Å². The first-order valence-electron chi connectivity index (χ1n) is 11.1. The number of carbonyl (C=O) groups excluding carboxylic acids is 2. The van der Waals surface area contributed by atoms with Crippen molar-refractivity contribution >= 4 is 39.8 Å². The summed E-state index contributed by atoms with van der Waals surface area (Å²) in [6.45, 7) is 3.98. The Morgan fingerprint density at radius 3 is 2.17 bits per heavy atom. The monoisotopic (exact) mass is 488 g/mol. The van der Waals surface area contributed by atoms with Crippen LogP contribution in [0.1, 0.15) is 23.1 Å². The Bertz CT molecular complexity index is 1330. The highest BCUT2D eigenvalue weighted by atomic mass is 35.5. The summed E-state index contributed by atoms with van der Waals surface area (Å²) in [6, 6.07) is 20.3. The molecular weight excluding hydrogens is 464 g/mol. The van der Waals surface area contributed by atoms with E-state index in [0.717, 1.165) is 16.8 Å². The second kappa shape index (κ2) is 10.9. The molecule has 35 heavy (non-hydrogen) atoms. The molecule has 3 aromatic rings. The lowest BCUT2D eigenvalue weighted by Gasteiger charge is -2.11. The number of fused-ring (bicyclic) bond motifs is 1. The quantitative estimate of drug-likeness (QED) is 0.306. The molecule has 0 saturated heterocycles. The van der Waals surface area contributed by atoms with Gasteiger partial charge in [0.1, 0.15) is 0 Å². The molecule has 0 aliphatic carbocycles. The average Bonchev–Trinajstić information content (AvgIpc) is 3.32. The average molecular weight is 489 g/mol. The summed E-state index contributed by atoms with van der Waals surface area (Å²) in [5.41, 5.74) is 4.46. The second-order valence-electron chi connectivity index (χ2n) is 8.08. The van der Waals surface area contributed by atoms with Crippen molar-refractivity contribution in [2.24, 2.45) is 0 Å². The van der Waals surface area contributed by atoms with Gasteiger partial charge in [-0.2, -0.15) is 0 Å². The molecule has 0 spiro atoms. The predicted molar refractivity (Wildman–Crippen MR) is 139 cm³/mol. The number of hydrogen-bond acceptors (Lipinski definition) is 4. The van der Waals surface area contributed by atoms with E-state index >= 15 is 0 Å². The SMILES string of the molecule is Cc1ccccc1NC(=O)/C=C/C(CC(=O)Nc1ccccc1C)=C(/Cl)c1ccc2c(c1)OCO2. The van der Waals surface area contributed by atoms with Crippen LogP contribution < -0.4 is 20.1 Å². The standard InChI is InChI=1S/C28H25ClN2O4/c1-18-7-3-5-9-22(18)30-26(32)14-12-21(16-27(33)31-23-10-6-4-8-19(23)2)28(29)20-11-13-24-25(15-20)35-17-34-24/h3-15H,16-17H2,1-2H3,(H,30,32)(H,31,33)/b14-12+,28-21-. The van der Waals surface area contributed by atoms with E-state index in [1.54, 1.807) is 24.3 Å². The summed E-state index contributed by atoms with van der Waals surface area (Å²) in [6.07, 6.45) is 2.91. The van der Waals surface area contributed by atoms with Gasteiger partial charge in [0.05, 0.1) is 11.5 Å². The van der Waals surface area contributed by atoms with Crippen LogP contribution in [0, 0.1) is 13.8 Å². The maximum atomic E-state index is 12.9. The van der Waals surface area contributed by atoms with Crippen LogP contribution >= 0.6 is 11.6 Å². The number of para-hydroxylation sites is 2. The van der Waals surface area contributed by atoms with Gasteiger partial charge in [-0.05, 0) is 66.4 Å². The number of anilines is 2. The van der Waals surface area contributed by atoms with E-state index in [4.69, 9.17) is 21.1 Å². The van der Waals surface area contributed by atoms with Crippen LogP contribution in [0.2, 0.25) is 0 Å². The zero-order valence-corrected chi connectivity index (χ0v) is 20.2. The number of hydrogen-bond donors (Lipinski definition) is 2. The van der Waals surface area contributed by atoms with Gasteiger partial charge in [-0.3, -0.25) is 9.59 Å². The summed E-state index contributed by atoms with van der Waals surface area (Å²) < 4.78 is 10.8. The van der Waals surface area contributed by atoms with Gasteiger partial charge in [-0.15, -0.1) is 0 Å². The Kier molecular flexibility index (Phi) is 7.53. The fourth-order valence-electron chi connectivity index (χ4n) is 3.57. The highest BCUT2D eigenvalue weighted by molar-refractivity contribution is 6.49. The third-order valence-electron chi connectivity index (χ3n) is 5.52. The summed E-state index contributed by atoms with van der Waals surface area (Å²) >= 11 is 6.74. The van der Waals surface area contributed by atoms with Crippen molar-refractivity contribution in [2.75, 3.05) is 17.4 Å². The smallest absolute Gasteiger partial charge is 0.248 e. The third kappa shape index (κ3) is 6.11. The first-order valence-corrected chi connectivity index (χ1v) is 11.5. The van der Waals surface area contributed by atoms with Crippen LogP contribution in [0.4, 0.5) is 11.4 Å². The van der Waals surface area contributed by atoms with Crippen molar-refractivity contribution in [3.05, 3.63) is 101 Å². The van der Waals surface area contributed by atoms with Gasteiger partial charge < -0.3 is 20.1 Å². The molecule has 178 valence electrons. The van der Waals surface area contributed by atoms with Crippen molar-refractivity contribution < 1.29 is 19.1 Å². The van der Waals surface area contributed by atoms with E-state index in [0.29, 0.717) is 33.4 Å². The normalized spacial score (nSPS) is 12.9. The summed E-state index contributed by atoms with van der Waals surface area (Å²) in [5.74, 6) is 0.624. The lowest BCUT2D eigenvalue weighted by Crippen LogP contribution is -2.13. The van der Waals surface area contributed by atoms with Gasteiger partial charge in [0.25, 0.3) is 0 Å². The fourth-order valence-corrected chi connectivity index (χ4v) is 3.82. The van der Waals surface area contributed by atoms with Gasteiger partial charge >= 0.3 is 0 Å². The van der Waals surface area contributed by atoms with Crippen LogP contribution in [0.5, 0.6) is 11.5 Å². The molecule has 2 N–H and O–H groups in total. The Morgan fingerprint density at radius 1 is 0.857 bits per heavy atom. The zero-order chi connectivity index (χ0) is 24.8. The van der Waals surface area contributed by atoms with Crippen LogP contribution in [0.15, 0.2) is 84.5 Å². The molecule has 0 atom stereocenters. The molecule has 1 aliphatic rings. The Labute approximate surface area is 209 Å². The number of benzene rings is 3. The third-order valence-corrected chi connectivity index (χ3v) is 5.98. The van der Waals surface area contributed by atoms with E-state index in [1.165, 1.54) is 6.08 Å². The molecule has 0 saturated carbocycles. The van der Waals surface area contributed by atoms with Crippen molar-refractivity contribution in [3.8, 4) is 11.5 Å². The van der Waals surface area contributed by atoms with E-state index in [2.05, 4.69) is 10.6 Å². The van der Waals surface area contributed by atoms with E-state index in [9.17, 15) is 9.59 Å². The van der Waals surface area contributed by atoms with Crippen molar-refractivity contribution in [3.63, 3.8) is 0 Å². The predicted octanol–water partition coefficient (Wildman–Crippen LogP) is 6.21. The van der Waals surface area contributed by atoms with Crippen molar-refractivity contribution in [1.29, 1.82) is 0 Å². The first-order chi connectivity index (χ1) is 16.9. The molecule has 1 aliphatic heterocycles. The second-order valence-corrected chi connectivity index (χ2v) is 8.46. The molecule has 0 bridgehead atoms. The number of aryl methyl sites for hydroxylation is 2. The van der Waals surface area contributed by atoms with Gasteiger partial charge in [0.2, 0.25) is 18.6 Å². The largest absolute Gasteiger partial charge is 0.454 e. The molecule has 2 amide bonds. The number of allylic oxidation sites excluding steroid dienone is 1. The minimum absolute atomic E-state index is 0.0320. The van der Waals surface area contributed by atoms with Crippen LogP contribution in [-0.2, 0) is 9.59 Å². The lowest BCUT2D eigenvalue weighted by molar-refractivity contribution is -0.115. The number of amides is 2. The van der Waals surface area contributed by atoms with Crippen LogP contribution in [0.25, 0.3) is 5.03 Å². The van der Waals surface area contributed by atoms with Crippen LogP contribution in [0.3, 0.4) is 0 Å². The molecule has 0 unspecified atom stereocenters. The molecule has 0 aromatic heterocycles. The molecule has 4 rings (SSSR count). The summed E-state index contributed by atoms with van der Waals surface area (Å²) in [5, 5.41) is 6.10. The molecule has 6 nitrogen and oxygen atoms in total. The number of rotatable bonds is 7. The van der Waals surface area contributed by atoms with Gasteiger partial charge in [0, 0.05) is 17.5 Å². The Morgan fingerprint density at radius 2 is 1.49 bits per heavy atom. The number of carbonyl (C=O) groups is 2. The highest BCUT2D eigenvalue weighted by Gasteiger charge is 2.17. The van der Waals surface area contributed by atoms with E-state index in [-0.39, 0.29) is 25.0 Å². The molecule has 1 heterocycles. The number of ether oxygens (including phenoxy) is 2. The number of halogens is 1. The van der Waals surface area contributed by atoms with Crippen LogP contribution in [-0.4, -0.2) is 18.6 Å². The molecule has 3 aromatic carbocycles. The molecule has 7 heteroatoms. The number of nitrogens with one attached hydrogen (secondary N) is 2. The van der Waals surface area contributed by atoms with Gasteiger partial charge in [-0.1, -0.05) is 54.1 Å². The maximum Gasteiger partial charge on any atom is 0.248 e. The van der Waals surface area contributed by atoms with Crippen molar-refractivity contribution in [1.82, 2.24) is 0 Å². The fraction of sp³-hybridized carbons (Fsp3) is 0.143. The minimum atomic E-state index is -0.328. The molecular formula is C28H25ClN2O4. The Balaban J connectivity index is 1.59. The summed E-state index contributed by atoms with van der Waals surface area (Å²) in [7, 11) is 0. The zero-order valence-electron chi connectivity index (χ0n) is 19.4. The van der Waals surface area contributed by atoms with E-state index < -0.39 is 0 Å². The first kappa shape index (κ1) is 24.1. The van der Waals surface area contributed by atoms with Crippen molar-refractivity contribution in [2.45, 2.75) is 20.3 Å². The van der Waals surface area contributed by atoms with E-state index in [1.807, 2.05) is 62.4 Å². The topological polar surface area (TPSA) is 76.7 Å². The molecule has 0 fully saturated rings.